The van der Waals surface area contributed by atoms with E-state index < -0.39 is 5.97 Å². The van der Waals surface area contributed by atoms with Crippen LogP contribution in [0.4, 0.5) is 5.95 Å². The molecule has 17 heavy (non-hydrogen) atoms. The Morgan fingerprint density at radius 3 is 2.88 bits per heavy atom. The molecule has 0 aliphatic heterocycles. The molecule has 0 saturated carbocycles. The Hall–Kier alpha value is -1.85. The molecule has 0 amide bonds. The van der Waals surface area contributed by atoms with Crippen molar-refractivity contribution in [3.05, 3.63) is 12.3 Å². The van der Waals surface area contributed by atoms with Crippen molar-refractivity contribution in [1.82, 2.24) is 9.97 Å². The molecule has 0 bridgehead atoms. The van der Waals surface area contributed by atoms with E-state index in [9.17, 15) is 4.79 Å². The molecule has 0 unspecified atom stereocenters. The second-order valence-corrected chi connectivity index (χ2v) is 3.45. The van der Waals surface area contributed by atoms with Crippen molar-refractivity contribution >= 4 is 11.9 Å². The molecule has 1 aromatic rings. The highest BCUT2D eigenvalue weighted by molar-refractivity contribution is 5.72. The predicted octanol–water partition coefficient (Wildman–Crippen LogP) is 1.18. The Balaban J connectivity index is 2.77. The SMILES string of the molecule is CCCOc1ccnc(N(CC)CC(=O)O)n1. The highest BCUT2D eigenvalue weighted by atomic mass is 16.5. The first-order chi connectivity index (χ1) is 8.17. The van der Waals surface area contributed by atoms with Crippen LogP contribution in [0.3, 0.4) is 0 Å². The lowest BCUT2D eigenvalue weighted by molar-refractivity contribution is -0.135. The number of hydrogen-bond acceptors (Lipinski definition) is 5. The minimum absolute atomic E-state index is 0.117. The zero-order valence-corrected chi connectivity index (χ0v) is 10.1. The van der Waals surface area contributed by atoms with Gasteiger partial charge in [-0.2, -0.15) is 4.98 Å². The number of aliphatic carboxylic acids is 1. The summed E-state index contributed by atoms with van der Waals surface area (Å²) in [6.07, 6.45) is 2.46. The summed E-state index contributed by atoms with van der Waals surface area (Å²) in [5.74, 6) is -0.0560. The van der Waals surface area contributed by atoms with E-state index >= 15 is 0 Å². The van der Waals surface area contributed by atoms with Crippen LogP contribution in [0.1, 0.15) is 20.3 Å². The van der Waals surface area contributed by atoms with Crippen LogP contribution in [0.15, 0.2) is 12.3 Å². The van der Waals surface area contributed by atoms with E-state index in [1.54, 1.807) is 17.2 Å². The Labute approximate surface area is 100 Å². The van der Waals surface area contributed by atoms with Gasteiger partial charge in [-0.05, 0) is 13.3 Å². The molecule has 0 fully saturated rings. The summed E-state index contributed by atoms with van der Waals surface area (Å²) in [6, 6.07) is 1.66. The quantitative estimate of drug-likeness (QED) is 0.770. The van der Waals surface area contributed by atoms with Crippen LogP contribution in [-0.2, 0) is 4.79 Å². The maximum atomic E-state index is 10.7. The Morgan fingerprint density at radius 2 is 2.29 bits per heavy atom. The lowest BCUT2D eigenvalue weighted by Crippen LogP contribution is -2.30. The molecule has 6 heteroatoms. The number of likely N-dealkylation sites (N-methyl/N-ethyl adjacent to an activating group) is 1. The molecule has 0 aliphatic carbocycles. The summed E-state index contributed by atoms with van der Waals surface area (Å²) < 4.78 is 5.37. The van der Waals surface area contributed by atoms with Crippen LogP contribution in [0.25, 0.3) is 0 Å². The lowest BCUT2D eigenvalue weighted by Gasteiger charge is -2.18. The maximum Gasteiger partial charge on any atom is 0.323 e. The summed E-state index contributed by atoms with van der Waals surface area (Å²) in [7, 11) is 0. The fourth-order valence-corrected chi connectivity index (χ4v) is 1.26. The third-order valence-electron chi connectivity index (χ3n) is 2.06. The zero-order chi connectivity index (χ0) is 12.7. The number of hydrogen-bond donors (Lipinski definition) is 1. The lowest BCUT2D eigenvalue weighted by atomic mass is 10.5. The molecule has 6 nitrogen and oxygen atoms in total. The smallest absolute Gasteiger partial charge is 0.323 e. The van der Waals surface area contributed by atoms with Gasteiger partial charge in [0.05, 0.1) is 6.61 Å². The van der Waals surface area contributed by atoms with E-state index in [-0.39, 0.29) is 6.54 Å². The topological polar surface area (TPSA) is 75.5 Å². The highest BCUT2D eigenvalue weighted by Crippen LogP contribution is 2.12. The van der Waals surface area contributed by atoms with Crippen molar-refractivity contribution in [3.8, 4) is 5.88 Å². The van der Waals surface area contributed by atoms with Gasteiger partial charge in [0, 0.05) is 18.8 Å². The van der Waals surface area contributed by atoms with Crippen molar-refractivity contribution in [2.75, 3.05) is 24.6 Å². The van der Waals surface area contributed by atoms with E-state index in [0.717, 1.165) is 6.42 Å². The normalized spacial score (nSPS) is 10.0. The number of ether oxygens (including phenoxy) is 1. The van der Waals surface area contributed by atoms with Crippen LogP contribution in [0.5, 0.6) is 5.88 Å². The average molecular weight is 239 g/mol. The van der Waals surface area contributed by atoms with Crippen LogP contribution in [0, 0.1) is 0 Å². The molecule has 94 valence electrons. The van der Waals surface area contributed by atoms with Gasteiger partial charge in [-0.15, -0.1) is 0 Å². The summed E-state index contributed by atoms with van der Waals surface area (Å²) in [5, 5.41) is 8.76. The fourth-order valence-electron chi connectivity index (χ4n) is 1.26. The number of carbonyl (C=O) groups is 1. The van der Waals surface area contributed by atoms with Crippen molar-refractivity contribution in [2.45, 2.75) is 20.3 Å². The minimum Gasteiger partial charge on any atom is -0.480 e. The molecule has 1 N–H and O–H groups in total. The third kappa shape index (κ3) is 4.26. The monoisotopic (exact) mass is 239 g/mol. The van der Waals surface area contributed by atoms with Gasteiger partial charge in [0.2, 0.25) is 11.8 Å². The van der Waals surface area contributed by atoms with Gasteiger partial charge < -0.3 is 14.7 Å². The van der Waals surface area contributed by atoms with Gasteiger partial charge in [-0.25, -0.2) is 4.98 Å². The van der Waals surface area contributed by atoms with Crippen molar-refractivity contribution in [2.24, 2.45) is 0 Å². The molecule has 0 radical (unpaired) electrons. The number of carboxylic acids is 1. The number of carboxylic acid groups (broad SMARTS) is 1. The maximum absolute atomic E-state index is 10.7. The highest BCUT2D eigenvalue weighted by Gasteiger charge is 2.12. The predicted molar refractivity (Wildman–Crippen MR) is 63.3 cm³/mol. The van der Waals surface area contributed by atoms with Crippen molar-refractivity contribution < 1.29 is 14.6 Å². The molecular formula is C11H17N3O3. The molecule has 0 saturated heterocycles. The van der Waals surface area contributed by atoms with Crippen LogP contribution < -0.4 is 9.64 Å². The Bertz CT molecular complexity index is 371. The van der Waals surface area contributed by atoms with Gasteiger partial charge >= 0.3 is 5.97 Å². The standard InChI is InChI=1S/C11H17N3O3/c1-3-7-17-9-5-6-12-11(13-9)14(4-2)8-10(15)16/h5-6H,3-4,7-8H2,1-2H3,(H,15,16). The Morgan fingerprint density at radius 1 is 1.53 bits per heavy atom. The van der Waals surface area contributed by atoms with Crippen LogP contribution in [0.2, 0.25) is 0 Å². The first-order valence-corrected chi connectivity index (χ1v) is 5.60. The molecule has 0 spiro atoms. The molecule has 0 aliphatic rings. The summed E-state index contributed by atoms with van der Waals surface area (Å²) in [6.45, 7) is 4.86. The second-order valence-electron chi connectivity index (χ2n) is 3.45. The van der Waals surface area contributed by atoms with E-state index in [1.807, 2.05) is 13.8 Å². The van der Waals surface area contributed by atoms with Crippen LogP contribution >= 0.6 is 0 Å². The number of nitrogens with zero attached hydrogens (tertiary/aromatic N) is 3. The van der Waals surface area contributed by atoms with Crippen LogP contribution in [-0.4, -0.2) is 40.7 Å². The number of anilines is 1. The summed E-state index contributed by atoms with van der Waals surface area (Å²) in [4.78, 5) is 20.4. The van der Waals surface area contributed by atoms with Gasteiger partial charge in [0.1, 0.15) is 6.54 Å². The van der Waals surface area contributed by atoms with E-state index in [1.165, 1.54) is 0 Å². The zero-order valence-electron chi connectivity index (χ0n) is 10.1. The summed E-state index contributed by atoms with van der Waals surface area (Å²) >= 11 is 0. The third-order valence-corrected chi connectivity index (χ3v) is 2.06. The first kappa shape index (κ1) is 13.2. The minimum atomic E-state index is -0.907. The summed E-state index contributed by atoms with van der Waals surface area (Å²) in [5.41, 5.74) is 0. The fraction of sp³-hybridized carbons (Fsp3) is 0.545. The Kier molecular flexibility index (Phi) is 5.19. The van der Waals surface area contributed by atoms with E-state index in [2.05, 4.69) is 9.97 Å². The van der Waals surface area contributed by atoms with Crippen molar-refractivity contribution in [1.29, 1.82) is 0 Å². The molecule has 0 atom stereocenters. The number of rotatable bonds is 7. The van der Waals surface area contributed by atoms with E-state index in [0.29, 0.717) is 25.0 Å². The van der Waals surface area contributed by atoms with Gasteiger partial charge in [0.25, 0.3) is 0 Å². The van der Waals surface area contributed by atoms with Gasteiger partial charge in [0.15, 0.2) is 0 Å². The first-order valence-electron chi connectivity index (χ1n) is 5.60. The molecule has 1 heterocycles. The largest absolute Gasteiger partial charge is 0.480 e. The van der Waals surface area contributed by atoms with E-state index in [4.69, 9.17) is 9.84 Å². The molecular weight excluding hydrogens is 222 g/mol. The van der Waals surface area contributed by atoms with Gasteiger partial charge in [-0.1, -0.05) is 6.92 Å². The second kappa shape index (κ2) is 6.67. The average Bonchev–Trinajstić information content (AvgIpc) is 2.33. The molecule has 1 rings (SSSR count). The van der Waals surface area contributed by atoms with Crippen molar-refractivity contribution in [3.63, 3.8) is 0 Å². The number of aromatic nitrogens is 2. The molecule has 0 aromatic carbocycles. The van der Waals surface area contributed by atoms with Gasteiger partial charge in [-0.3, -0.25) is 4.79 Å². The molecule has 1 aromatic heterocycles.